The molecule has 8 nitrogen and oxygen atoms in total. The van der Waals surface area contributed by atoms with Gasteiger partial charge in [0.25, 0.3) is 0 Å². The molecule has 1 amide bonds. The zero-order chi connectivity index (χ0) is 16.8. The van der Waals surface area contributed by atoms with E-state index in [4.69, 9.17) is 14.6 Å². The lowest BCUT2D eigenvalue weighted by molar-refractivity contribution is -0.277. The van der Waals surface area contributed by atoms with Gasteiger partial charge in [0.05, 0.1) is 6.61 Å². The van der Waals surface area contributed by atoms with E-state index < -0.39 is 37.3 Å². The van der Waals surface area contributed by atoms with Crippen molar-refractivity contribution in [2.24, 2.45) is 0 Å². The summed E-state index contributed by atoms with van der Waals surface area (Å²) in [7, 11) is 0. The number of aliphatic hydroxyl groups excluding tert-OH is 4. The predicted octanol–water partition coefficient (Wildman–Crippen LogP) is -1.85. The maximum absolute atomic E-state index is 10.2. The van der Waals surface area contributed by atoms with Crippen LogP contribution >= 0.6 is 0 Å². The van der Waals surface area contributed by atoms with E-state index in [1.165, 1.54) is 0 Å². The fourth-order valence-electron chi connectivity index (χ4n) is 2.31. The van der Waals surface area contributed by atoms with E-state index in [-0.39, 0.29) is 0 Å². The topological polar surface area (TPSA) is 128 Å². The first-order valence-electron chi connectivity index (χ1n) is 7.30. The number of hydrogen-bond donors (Lipinski definition) is 5. The Morgan fingerprint density at radius 1 is 1.13 bits per heavy atom. The van der Waals surface area contributed by atoms with E-state index in [1.807, 2.05) is 0 Å². The van der Waals surface area contributed by atoms with Crippen LogP contribution in [-0.2, 0) is 16.0 Å². The number of carbonyl (C=O) groups excluding carboxylic acids is 1. The molecule has 2 rings (SSSR count). The predicted molar refractivity (Wildman–Crippen MR) is 78.6 cm³/mol. The monoisotopic (exact) mass is 327 g/mol. The maximum atomic E-state index is 10.2. The van der Waals surface area contributed by atoms with E-state index in [0.29, 0.717) is 25.1 Å². The summed E-state index contributed by atoms with van der Waals surface area (Å²) >= 11 is 0. The maximum Gasteiger partial charge on any atom is 0.229 e. The van der Waals surface area contributed by atoms with Crippen LogP contribution in [0.1, 0.15) is 5.56 Å². The summed E-state index contributed by atoms with van der Waals surface area (Å²) in [6, 6.07) is 6.92. The van der Waals surface area contributed by atoms with Gasteiger partial charge >= 0.3 is 0 Å². The highest BCUT2D eigenvalue weighted by atomic mass is 16.7. The number of hydrogen-bond acceptors (Lipinski definition) is 7. The molecule has 3 unspecified atom stereocenters. The second-order valence-corrected chi connectivity index (χ2v) is 5.28. The molecule has 0 radical (unpaired) electrons. The molecule has 1 aliphatic heterocycles. The molecule has 1 aliphatic rings. The molecule has 23 heavy (non-hydrogen) atoms. The molecular weight excluding hydrogens is 306 g/mol. The number of ether oxygens (including phenoxy) is 2. The molecule has 5 atom stereocenters. The Morgan fingerprint density at radius 3 is 2.43 bits per heavy atom. The summed E-state index contributed by atoms with van der Waals surface area (Å²) in [4.78, 5) is 10.2. The van der Waals surface area contributed by atoms with Gasteiger partial charge in [0, 0.05) is 6.54 Å². The molecule has 0 bridgehead atoms. The van der Waals surface area contributed by atoms with Crippen LogP contribution < -0.4 is 10.1 Å². The van der Waals surface area contributed by atoms with Gasteiger partial charge in [0.15, 0.2) is 0 Å². The van der Waals surface area contributed by atoms with E-state index in [9.17, 15) is 20.1 Å². The van der Waals surface area contributed by atoms with Crippen LogP contribution in [0.15, 0.2) is 24.3 Å². The highest BCUT2D eigenvalue weighted by molar-refractivity contribution is 5.45. The smallest absolute Gasteiger partial charge is 0.229 e. The number of aliphatic hydroxyl groups is 4. The number of benzene rings is 1. The third kappa shape index (κ3) is 4.40. The number of nitrogens with one attached hydrogen (secondary N) is 1. The molecule has 1 fully saturated rings. The van der Waals surface area contributed by atoms with Gasteiger partial charge in [-0.05, 0) is 24.1 Å². The van der Waals surface area contributed by atoms with Gasteiger partial charge in [-0.3, -0.25) is 4.79 Å². The average molecular weight is 327 g/mol. The highest BCUT2D eigenvalue weighted by Gasteiger charge is 2.44. The lowest BCUT2D eigenvalue weighted by Crippen LogP contribution is -2.60. The van der Waals surface area contributed by atoms with Crippen molar-refractivity contribution in [1.29, 1.82) is 0 Å². The molecule has 1 heterocycles. The molecule has 1 aromatic rings. The van der Waals surface area contributed by atoms with Crippen LogP contribution in [-0.4, -0.2) is 70.7 Å². The standard InChI is InChI=1S/C15H21NO7/c17-7-11-12(19)13(20)14(21)15(23-11)22-10-3-1-9(2-4-10)5-6-16-8-18/h1-4,8,11-15,17,19-21H,5-7H2,(H,16,18)/t11?,12-,13?,14?,15+/m1/s1. The fraction of sp³-hybridized carbons (Fsp3) is 0.533. The second kappa shape index (κ2) is 8.23. The minimum Gasteiger partial charge on any atom is -0.462 e. The van der Waals surface area contributed by atoms with Crippen LogP contribution in [0, 0.1) is 0 Å². The zero-order valence-corrected chi connectivity index (χ0v) is 12.4. The molecule has 0 aliphatic carbocycles. The molecular formula is C15H21NO7. The summed E-state index contributed by atoms with van der Waals surface area (Å²) in [5, 5.41) is 41.0. The fourth-order valence-corrected chi connectivity index (χ4v) is 2.31. The normalized spacial score (nSPS) is 30.7. The van der Waals surface area contributed by atoms with Crippen LogP contribution in [0.3, 0.4) is 0 Å². The molecule has 1 aromatic carbocycles. The van der Waals surface area contributed by atoms with Crippen molar-refractivity contribution in [3.05, 3.63) is 29.8 Å². The summed E-state index contributed by atoms with van der Waals surface area (Å²) in [6.07, 6.45) is -5.23. The van der Waals surface area contributed by atoms with Gasteiger partial charge in [-0.25, -0.2) is 0 Å². The quantitative estimate of drug-likeness (QED) is 0.294. The van der Waals surface area contributed by atoms with Gasteiger partial charge in [-0.15, -0.1) is 0 Å². The van der Waals surface area contributed by atoms with Crippen LogP contribution in [0.5, 0.6) is 5.75 Å². The Morgan fingerprint density at radius 2 is 1.83 bits per heavy atom. The Hall–Kier alpha value is -1.71. The number of rotatable bonds is 7. The lowest BCUT2D eigenvalue weighted by Gasteiger charge is -2.39. The van der Waals surface area contributed by atoms with Crippen molar-refractivity contribution in [1.82, 2.24) is 5.32 Å². The van der Waals surface area contributed by atoms with Gasteiger partial charge < -0.3 is 35.2 Å². The molecule has 0 saturated carbocycles. The minimum atomic E-state index is -1.47. The largest absolute Gasteiger partial charge is 0.462 e. The Labute approximate surface area is 133 Å². The summed E-state index contributed by atoms with van der Waals surface area (Å²) < 4.78 is 10.7. The van der Waals surface area contributed by atoms with Crippen molar-refractivity contribution in [2.75, 3.05) is 13.2 Å². The SMILES string of the molecule is O=CNCCc1ccc(O[C@H]2OC(CO)[C@@H](O)C(O)C2O)cc1. The number of amides is 1. The first-order valence-corrected chi connectivity index (χ1v) is 7.30. The molecule has 5 N–H and O–H groups in total. The van der Waals surface area contributed by atoms with Crippen molar-refractivity contribution in [3.63, 3.8) is 0 Å². The van der Waals surface area contributed by atoms with E-state index in [2.05, 4.69) is 5.32 Å². The van der Waals surface area contributed by atoms with E-state index >= 15 is 0 Å². The first-order chi connectivity index (χ1) is 11.1. The van der Waals surface area contributed by atoms with Gasteiger partial charge in [0.1, 0.15) is 30.2 Å². The highest BCUT2D eigenvalue weighted by Crippen LogP contribution is 2.24. The second-order valence-electron chi connectivity index (χ2n) is 5.28. The average Bonchev–Trinajstić information content (AvgIpc) is 2.57. The Kier molecular flexibility index (Phi) is 6.31. The molecule has 8 heteroatoms. The van der Waals surface area contributed by atoms with Crippen LogP contribution in [0.4, 0.5) is 0 Å². The van der Waals surface area contributed by atoms with Crippen LogP contribution in [0.25, 0.3) is 0 Å². The van der Waals surface area contributed by atoms with Crippen molar-refractivity contribution in [2.45, 2.75) is 37.1 Å². The zero-order valence-electron chi connectivity index (χ0n) is 12.4. The van der Waals surface area contributed by atoms with Gasteiger partial charge in [-0.2, -0.15) is 0 Å². The third-order valence-electron chi connectivity index (χ3n) is 3.67. The minimum absolute atomic E-state index is 0.404. The third-order valence-corrected chi connectivity index (χ3v) is 3.67. The number of carbonyl (C=O) groups is 1. The lowest BCUT2D eigenvalue weighted by atomic mass is 9.99. The van der Waals surface area contributed by atoms with Crippen molar-refractivity contribution >= 4 is 6.41 Å². The van der Waals surface area contributed by atoms with Crippen molar-refractivity contribution < 1.29 is 34.7 Å². The first kappa shape index (κ1) is 17.6. The Balaban J connectivity index is 1.96. The Bertz CT molecular complexity index is 493. The molecule has 0 spiro atoms. The van der Waals surface area contributed by atoms with E-state index in [0.717, 1.165) is 5.56 Å². The summed E-state index contributed by atoms with van der Waals surface area (Å²) in [6.45, 7) is 0.0177. The van der Waals surface area contributed by atoms with Gasteiger partial charge in [-0.1, -0.05) is 12.1 Å². The summed E-state index contributed by atoms with van der Waals surface area (Å²) in [5.74, 6) is 0.404. The van der Waals surface area contributed by atoms with Crippen LogP contribution in [0.2, 0.25) is 0 Å². The van der Waals surface area contributed by atoms with Crippen molar-refractivity contribution in [3.8, 4) is 5.75 Å². The van der Waals surface area contributed by atoms with Gasteiger partial charge in [0.2, 0.25) is 12.7 Å². The molecule has 0 aromatic heterocycles. The summed E-state index contributed by atoms with van der Waals surface area (Å²) in [5.41, 5.74) is 0.987. The van der Waals surface area contributed by atoms with E-state index in [1.54, 1.807) is 24.3 Å². The molecule has 128 valence electrons. The molecule has 1 saturated heterocycles.